The van der Waals surface area contributed by atoms with E-state index in [1.807, 2.05) is 20.8 Å². The van der Waals surface area contributed by atoms with E-state index in [0.29, 0.717) is 0 Å². The van der Waals surface area contributed by atoms with Gasteiger partial charge in [-0.3, -0.25) is 0 Å². The zero-order chi connectivity index (χ0) is 5.15. The maximum atomic E-state index is 5.31. The van der Waals surface area contributed by atoms with Crippen molar-refractivity contribution in [3.63, 3.8) is 0 Å². The summed E-state index contributed by atoms with van der Waals surface area (Å²) in [4.78, 5) is 0. The first-order valence-corrected chi connectivity index (χ1v) is 2.04. The van der Waals surface area contributed by atoms with Crippen LogP contribution in [-0.4, -0.2) is 59.2 Å². The SMILES string of the molecule is [B]C(C)=C(C)C.[K]. The van der Waals surface area contributed by atoms with Gasteiger partial charge >= 0.3 is 0 Å². The van der Waals surface area contributed by atoms with Crippen LogP contribution in [-0.2, 0) is 0 Å². The molecule has 0 spiro atoms. The summed E-state index contributed by atoms with van der Waals surface area (Å²) in [5, 5.41) is 0. The van der Waals surface area contributed by atoms with Gasteiger partial charge in [0.1, 0.15) is 7.85 Å². The molecule has 3 radical (unpaired) electrons. The smallest absolute Gasteiger partial charge is 0.107 e. The molecule has 0 saturated heterocycles. The summed E-state index contributed by atoms with van der Waals surface area (Å²) in [6.45, 7) is 5.89. The molecule has 0 aliphatic carbocycles. The van der Waals surface area contributed by atoms with E-state index >= 15 is 0 Å². The normalized spacial score (nSPS) is 6.71. The van der Waals surface area contributed by atoms with Crippen LogP contribution in [0.1, 0.15) is 20.8 Å². The Morgan fingerprint density at radius 3 is 1.29 bits per heavy atom. The first-order valence-electron chi connectivity index (χ1n) is 2.04. The van der Waals surface area contributed by atoms with Crippen LogP contribution in [0.3, 0.4) is 0 Å². The topological polar surface area (TPSA) is 0 Å². The van der Waals surface area contributed by atoms with Crippen LogP contribution in [0.25, 0.3) is 0 Å². The van der Waals surface area contributed by atoms with E-state index < -0.39 is 0 Å². The van der Waals surface area contributed by atoms with Crippen molar-refractivity contribution in [3.8, 4) is 0 Å². The van der Waals surface area contributed by atoms with E-state index in [4.69, 9.17) is 7.85 Å². The van der Waals surface area contributed by atoms with Crippen LogP contribution >= 0.6 is 0 Å². The predicted octanol–water partition coefficient (Wildman–Crippen LogP) is 1.09. The third-order valence-corrected chi connectivity index (χ3v) is 0.789. The molecule has 7 heavy (non-hydrogen) atoms. The Balaban J connectivity index is 0. The van der Waals surface area contributed by atoms with Crippen LogP contribution in [0.2, 0.25) is 0 Å². The van der Waals surface area contributed by atoms with Gasteiger partial charge in [0.25, 0.3) is 0 Å². The molecule has 0 bridgehead atoms. The zero-order valence-corrected chi connectivity index (χ0v) is 8.70. The van der Waals surface area contributed by atoms with Gasteiger partial charge < -0.3 is 0 Å². The molecule has 2 heteroatoms. The van der Waals surface area contributed by atoms with Crippen LogP contribution < -0.4 is 0 Å². The molecule has 0 unspecified atom stereocenters. The van der Waals surface area contributed by atoms with Gasteiger partial charge in [-0.05, 0) is 13.8 Å². The second-order valence-electron chi connectivity index (χ2n) is 1.68. The fourth-order valence-electron chi connectivity index (χ4n) is 0. The first kappa shape index (κ1) is 11.3. The minimum atomic E-state index is 0. The van der Waals surface area contributed by atoms with Crippen molar-refractivity contribution >= 4 is 59.2 Å². The molecule has 0 rings (SSSR count). The Morgan fingerprint density at radius 1 is 1.14 bits per heavy atom. The van der Waals surface area contributed by atoms with Gasteiger partial charge in [-0.15, -0.1) is 5.47 Å². The quantitative estimate of drug-likeness (QED) is 0.418. The molecule has 0 aliphatic rings. The molecule has 0 nitrogen and oxygen atoms in total. The minimum Gasteiger partial charge on any atom is -0.122 e. The largest absolute Gasteiger partial charge is 0.122 e. The van der Waals surface area contributed by atoms with Crippen LogP contribution in [0.4, 0.5) is 0 Å². The van der Waals surface area contributed by atoms with Crippen LogP contribution in [0.5, 0.6) is 0 Å². The summed E-state index contributed by atoms with van der Waals surface area (Å²) >= 11 is 0. The second-order valence-corrected chi connectivity index (χ2v) is 1.68. The van der Waals surface area contributed by atoms with Crippen molar-refractivity contribution in [3.05, 3.63) is 11.0 Å². The first-order chi connectivity index (χ1) is 2.64. The van der Waals surface area contributed by atoms with Gasteiger partial charge in [-0.2, -0.15) is 0 Å². The van der Waals surface area contributed by atoms with Gasteiger partial charge in [-0.25, -0.2) is 0 Å². The fraction of sp³-hybridized carbons (Fsp3) is 0.600. The van der Waals surface area contributed by atoms with E-state index in [2.05, 4.69) is 0 Å². The summed E-state index contributed by atoms with van der Waals surface area (Å²) in [5.74, 6) is 0. The minimum absolute atomic E-state index is 0. The maximum absolute atomic E-state index is 5.31. The van der Waals surface area contributed by atoms with E-state index in [0.717, 1.165) is 5.47 Å². The molecule has 33 valence electrons. The van der Waals surface area contributed by atoms with Crippen molar-refractivity contribution < 1.29 is 0 Å². The summed E-state index contributed by atoms with van der Waals surface area (Å²) in [6.07, 6.45) is 0. The summed E-state index contributed by atoms with van der Waals surface area (Å²) in [5.41, 5.74) is 2.13. The third-order valence-electron chi connectivity index (χ3n) is 0.789. The van der Waals surface area contributed by atoms with E-state index in [1.165, 1.54) is 5.57 Å². The molecule has 0 aromatic rings. The van der Waals surface area contributed by atoms with Crippen molar-refractivity contribution in [1.29, 1.82) is 0 Å². The van der Waals surface area contributed by atoms with Crippen LogP contribution in [0, 0.1) is 0 Å². The van der Waals surface area contributed by atoms with Crippen molar-refractivity contribution in [1.82, 2.24) is 0 Å². The molecule has 0 atom stereocenters. The average Bonchev–Trinajstić information content (AvgIpc) is 1.36. The summed E-state index contributed by atoms with van der Waals surface area (Å²) in [7, 11) is 5.31. The Morgan fingerprint density at radius 2 is 1.29 bits per heavy atom. The monoisotopic (exact) mass is 119 g/mol. The van der Waals surface area contributed by atoms with Gasteiger partial charge in [0, 0.05) is 51.4 Å². The van der Waals surface area contributed by atoms with E-state index in [1.54, 1.807) is 0 Å². The summed E-state index contributed by atoms with van der Waals surface area (Å²) < 4.78 is 0. The second kappa shape index (κ2) is 5.58. The number of allylic oxidation sites excluding steroid dienone is 2. The predicted molar refractivity (Wildman–Crippen MR) is 35.6 cm³/mol. The molecule has 0 fully saturated rings. The molecule has 0 heterocycles. The van der Waals surface area contributed by atoms with Crippen molar-refractivity contribution in [2.75, 3.05) is 0 Å². The van der Waals surface area contributed by atoms with Gasteiger partial charge in [0.05, 0.1) is 0 Å². The molecular formula is C5H9BK. The Kier molecular flexibility index (Phi) is 8.97. The van der Waals surface area contributed by atoms with Gasteiger partial charge in [0.2, 0.25) is 0 Å². The standard InChI is InChI=1S/C5H9B.K/c1-4(2)5(3)6;/h1-3H3;. The number of hydrogen-bond acceptors (Lipinski definition) is 0. The Labute approximate surface area is 89.6 Å². The fourth-order valence-corrected chi connectivity index (χ4v) is 0. The number of hydrogen-bond donors (Lipinski definition) is 0. The van der Waals surface area contributed by atoms with E-state index in [-0.39, 0.29) is 51.4 Å². The molecule has 0 aliphatic heterocycles. The average molecular weight is 119 g/mol. The van der Waals surface area contributed by atoms with Crippen molar-refractivity contribution in [2.24, 2.45) is 0 Å². The molecule has 0 N–H and O–H groups in total. The van der Waals surface area contributed by atoms with Crippen molar-refractivity contribution in [2.45, 2.75) is 20.8 Å². The molecule has 0 saturated carbocycles. The zero-order valence-electron chi connectivity index (χ0n) is 5.58. The van der Waals surface area contributed by atoms with E-state index in [9.17, 15) is 0 Å². The third kappa shape index (κ3) is 7.44. The van der Waals surface area contributed by atoms with Crippen LogP contribution in [0.15, 0.2) is 11.0 Å². The van der Waals surface area contributed by atoms with Gasteiger partial charge in [-0.1, -0.05) is 12.5 Å². The molecular weight excluding hydrogens is 110 g/mol. The Hall–Kier alpha value is 1.44. The summed E-state index contributed by atoms with van der Waals surface area (Å²) in [6, 6.07) is 0. The Bertz CT molecular complexity index is 58.1. The maximum Gasteiger partial charge on any atom is 0.107 e. The molecule has 0 amide bonds. The number of rotatable bonds is 0. The molecule has 0 aromatic carbocycles. The molecule has 0 aromatic heterocycles. The van der Waals surface area contributed by atoms with Gasteiger partial charge in [0.15, 0.2) is 0 Å².